The lowest BCUT2D eigenvalue weighted by molar-refractivity contribution is -0.143. The minimum atomic E-state index is -4.85. The Hall–Kier alpha value is -2.85. The van der Waals surface area contributed by atoms with Gasteiger partial charge in [-0.05, 0) is 29.8 Å². The summed E-state index contributed by atoms with van der Waals surface area (Å²) < 4.78 is 80.8. The highest BCUT2D eigenvalue weighted by molar-refractivity contribution is 7.90. The van der Waals surface area contributed by atoms with Gasteiger partial charge >= 0.3 is 6.18 Å². The third kappa shape index (κ3) is 5.98. The second-order valence-electron chi connectivity index (χ2n) is 7.84. The van der Waals surface area contributed by atoms with E-state index in [4.69, 9.17) is 11.6 Å². The number of aromatic nitrogens is 1. The minimum absolute atomic E-state index is 0.0409. The Morgan fingerprint density at radius 1 is 1.06 bits per heavy atom. The molecule has 3 aromatic rings. The molecule has 0 aliphatic heterocycles. The number of alkyl halides is 3. The van der Waals surface area contributed by atoms with Gasteiger partial charge in [-0.15, -0.1) is 0 Å². The number of hydrogen-bond donors (Lipinski definition) is 0. The van der Waals surface area contributed by atoms with Crippen molar-refractivity contribution < 1.29 is 30.8 Å². The molecule has 1 amide bonds. The fraction of sp³-hybridized carbons (Fsp3) is 0.261. The maximum absolute atomic E-state index is 14.8. The number of amides is 1. The van der Waals surface area contributed by atoms with Crippen LogP contribution in [0.5, 0.6) is 0 Å². The monoisotopic (exact) mass is 516 g/mol. The van der Waals surface area contributed by atoms with Crippen LogP contribution in [0.15, 0.2) is 54.6 Å². The van der Waals surface area contributed by atoms with Crippen LogP contribution in [0, 0.1) is 5.82 Å². The zero-order valence-corrected chi connectivity index (χ0v) is 19.8. The Morgan fingerprint density at radius 3 is 2.26 bits per heavy atom. The minimum Gasteiger partial charge on any atom is -0.339 e. The lowest BCUT2D eigenvalue weighted by Crippen LogP contribution is -2.33. The van der Waals surface area contributed by atoms with Crippen LogP contribution in [0.1, 0.15) is 21.7 Å². The topological polar surface area (TPSA) is 59.4 Å². The predicted molar refractivity (Wildman–Crippen MR) is 122 cm³/mol. The molecule has 34 heavy (non-hydrogen) atoms. The van der Waals surface area contributed by atoms with E-state index in [1.165, 1.54) is 19.2 Å². The number of nitrogens with zero attached hydrogens (tertiary/aromatic N) is 2. The molecule has 0 radical (unpaired) electrons. The molecule has 0 atom stereocenters. The Labute approximate surface area is 199 Å². The highest BCUT2D eigenvalue weighted by Crippen LogP contribution is 2.39. The molecule has 0 aliphatic carbocycles. The number of hydrogen-bond acceptors (Lipinski definition) is 3. The highest BCUT2D eigenvalue weighted by Gasteiger charge is 2.39. The largest absolute Gasteiger partial charge is 0.431 e. The molecular formula is C23H21ClF4N2O3S. The van der Waals surface area contributed by atoms with Crippen LogP contribution in [0.2, 0.25) is 5.02 Å². The lowest BCUT2D eigenvalue weighted by Gasteiger charge is -2.21. The molecule has 182 valence electrons. The number of benzene rings is 2. The third-order valence-corrected chi connectivity index (χ3v) is 6.30. The van der Waals surface area contributed by atoms with Gasteiger partial charge in [0.2, 0.25) is 0 Å². The molecule has 1 heterocycles. The molecule has 1 aromatic heterocycles. The first-order chi connectivity index (χ1) is 15.8. The summed E-state index contributed by atoms with van der Waals surface area (Å²) in [4.78, 5) is 14.4. The first-order valence-corrected chi connectivity index (χ1v) is 12.4. The number of carbonyl (C=O) groups is 1. The van der Waals surface area contributed by atoms with Crippen LogP contribution < -0.4 is 0 Å². The van der Waals surface area contributed by atoms with Crippen molar-refractivity contribution in [3.05, 3.63) is 82.4 Å². The second kappa shape index (κ2) is 9.79. The Kier molecular flexibility index (Phi) is 7.42. The predicted octanol–water partition coefficient (Wildman–Crippen LogP) is 5.13. The number of carbonyl (C=O) groups excluding carboxylic acids is 1. The molecule has 0 bridgehead atoms. The summed E-state index contributed by atoms with van der Waals surface area (Å²) in [6, 6.07) is 12.4. The van der Waals surface area contributed by atoms with Crippen molar-refractivity contribution in [3.63, 3.8) is 0 Å². The summed E-state index contributed by atoms with van der Waals surface area (Å²) in [6.45, 7) is -0.566. The average molecular weight is 517 g/mol. The molecule has 0 aliphatic rings. The van der Waals surface area contributed by atoms with E-state index in [-0.39, 0.29) is 35.0 Å². The lowest BCUT2D eigenvalue weighted by atomic mass is 10.0. The number of halogens is 5. The van der Waals surface area contributed by atoms with E-state index in [2.05, 4.69) is 0 Å². The first kappa shape index (κ1) is 25.8. The standard InChI is InChI=1S/C23H21ClF4N2O3S/c1-29(10-11-34(2,32)33)22(31)21-18(17-9-8-16(24)12-19(17)25)13-20(23(26,27)28)30(21)14-15-6-4-3-5-7-15/h3-9,12-13H,10-11,14H2,1-2H3. The Bertz CT molecular complexity index is 1310. The van der Waals surface area contributed by atoms with Crippen LogP contribution in [-0.4, -0.2) is 49.4 Å². The van der Waals surface area contributed by atoms with E-state index >= 15 is 0 Å². The summed E-state index contributed by atoms with van der Waals surface area (Å²) in [6.07, 6.45) is -3.87. The fourth-order valence-electron chi connectivity index (χ4n) is 3.44. The van der Waals surface area contributed by atoms with E-state index in [0.717, 1.165) is 27.9 Å². The van der Waals surface area contributed by atoms with Crippen molar-refractivity contribution in [2.45, 2.75) is 12.7 Å². The maximum atomic E-state index is 14.8. The molecule has 0 saturated carbocycles. The molecular weight excluding hydrogens is 496 g/mol. The van der Waals surface area contributed by atoms with Gasteiger partial charge in [0.05, 0.1) is 5.75 Å². The van der Waals surface area contributed by atoms with Gasteiger partial charge in [0.25, 0.3) is 5.91 Å². The van der Waals surface area contributed by atoms with Crippen molar-refractivity contribution in [2.24, 2.45) is 0 Å². The molecule has 5 nitrogen and oxygen atoms in total. The van der Waals surface area contributed by atoms with Crippen molar-refractivity contribution in [1.29, 1.82) is 0 Å². The van der Waals surface area contributed by atoms with Crippen LogP contribution in [0.4, 0.5) is 17.6 Å². The highest BCUT2D eigenvalue weighted by atomic mass is 35.5. The van der Waals surface area contributed by atoms with Gasteiger partial charge in [0.1, 0.15) is 27.0 Å². The molecule has 0 unspecified atom stereocenters. The summed E-state index contributed by atoms with van der Waals surface area (Å²) in [5, 5.41) is 0.0409. The van der Waals surface area contributed by atoms with Crippen LogP contribution in [0.3, 0.4) is 0 Å². The zero-order chi connectivity index (χ0) is 25.3. The van der Waals surface area contributed by atoms with Gasteiger partial charge in [0.15, 0.2) is 0 Å². The zero-order valence-electron chi connectivity index (χ0n) is 18.2. The molecule has 0 spiro atoms. The smallest absolute Gasteiger partial charge is 0.339 e. The quantitative estimate of drug-likeness (QED) is 0.409. The average Bonchev–Trinajstić information content (AvgIpc) is 3.10. The molecule has 0 N–H and O–H groups in total. The fourth-order valence-corrected chi connectivity index (χ4v) is 4.21. The SMILES string of the molecule is CN(CCS(C)(=O)=O)C(=O)c1c(-c2ccc(Cl)cc2F)cc(C(F)(F)F)n1Cc1ccccc1. The normalized spacial score (nSPS) is 12.1. The van der Waals surface area contributed by atoms with Crippen molar-refractivity contribution in [3.8, 4) is 11.1 Å². The van der Waals surface area contributed by atoms with Gasteiger partial charge in [-0.1, -0.05) is 41.9 Å². The summed E-state index contributed by atoms with van der Waals surface area (Å²) in [5.41, 5.74) is -1.57. The van der Waals surface area contributed by atoms with Crippen LogP contribution in [0.25, 0.3) is 11.1 Å². The van der Waals surface area contributed by atoms with Crippen LogP contribution >= 0.6 is 11.6 Å². The summed E-state index contributed by atoms with van der Waals surface area (Å²) in [5.74, 6) is -2.16. The van der Waals surface area contributed by atoms with Gasteiger partial charge < -0.3 is 9.47 Å². The van der Waals surface area contributed by atoms with Gasteiger partial charge in [-0.25, -0.2) is 12.8 Å². The second-order valence-corrected chi connectivity index (χ2v) is 10.5. The van der Waals surface area contributed by atoms with Crippen molar-refractivity contribution in [2.75, 3.05) is 25.6 Å². The number of sulfone groups is 1. The van der Waals surface area contributed by atoms with Crippen molar-refractivity contribution >= 4 is 27.3 Å². The van der Waals surface area contributed by atoms with Crippen LogP contribution in [-0.2, 0) is 22.6 Å². The molecule has 3 rings (SSSR count). The third-order valence-electron chi connectivity index (χ3n) is 5.14. The molecule has 0 saturated heterocycles. The summed E-state index contributed by atoms with van der Waals surface area (Å²) >= 11 is 5.80. The summed E-state index contributed by atoms with van der Waals surface area (Å²) in [7, 11) is -2.16. The first-order valence-electron chi connectivity index (χ1n) is 10.0. The van der Waals surface area contributed by atoms with Crippen molar-refractivity contribution in [1.82, 2.24) is 9.47 Å². The van der Waals surface area contributed by atoms with E-state index in [1.54, 1.807) is 30.3 Å². The molecule has 2 aromatic carbocycles. The van der Waals surface area contributed by atoms with E-state index in [1.807, 2.05) is 0 Å². The molecule has 11 heteroatoms. The maximum Gasteiger partial charge on any atom is 0.431 e. The van der Waals surface area contributed by atoms with Gasteiger partial charge in [0, 0.05) is 42.5 Å². The van der Waals surface area contributed by atoms with E-state index < -0.39 is 39.1 Å². The Morgan fingerprint density at radius 2 is 1.71 bits per heavy atom. The number of rotatable bonds is 7. The van der Waals surface area contributed by atoms with Gasteiger partial charge in [-0.3, -0.25) is 4.79 Å². The molecule has 0 fully saturated rings. The Balaban J connectivity index is 2.25. The van der Waals surface area contributed by atoms with E-state index in [0.29, 0.717) is 5.56 Å². The van der Waals surface area contributed by atoms with E-state index in [9.17, 15) is 30.8 Å². The van der Waals surface area contributed by atoms with Gasteiger partial charge in [-0.2, -0.15) is 13.2 Å².